The molecule has 1 fully saturated rings. The standard InChI is InChI=1S/C16H23F2N/c17-14-7-6-13(15(18)10-14)11-16(12-19)8-4-2-1-3-5-9-16/h6-7,10H,1-5,8-9,11-12,19H2. The lowest BCUT2D eigenvalue weighted by Gasteiger charge is -2.34. The molecule has 0 saturated heterocycles. The highest BCUT2D eigenvalue weighted by atomic mass is 19.1. The molecule has 1 aromatic carbocycles. The molecular formula is C16H23F2N. The van der Waals surface area contributed by atoms with E-state index >= 15 is 0 Å². The van der Waals surface area contributed by atoms with Crippen molar-refractivity contribution in [3.63, 3.8) is 0 Å². The molecule has 0 atom stereocenters. The smallest absolute Gasteiger partial charge is 0.129 e. The van der Waals surface area contributed by atoms with Gasteiger partial charge in [-0.3, -0.25) is 0 Å². The van der Waals surface area contributed by atoms with Gasteiger partial charge < -0.3 is 5.73 Å². The number of hydrogen-bond acceptors (Lipinski definition) is 1. The molecule has 1 aliphatic rings. The zero-order valence-corrected chi connectivity index (χ0v) is 11.4. The van der Waals surface area contributed by atoms with Crippen molar-refractivity contribution in [3.8, 4) is 0 Å². The van der Waals surface area contributed by atoms with Gasteiger partial charge in [0.1, 0.15) is 11.6 Å². The molecule has 19 heavy (non-hydrogen) atoms. The quantitative estimate of drug-likeness (QED) is 0.872. The van der Waals surface area contributed by atoms with Crippen LogP contribution in [0.3, 0.4) is 0 Å². The van der Waals surface area contributed by atoms with Gasteiger partial charge in [0, 0.05) is 6.07 Å². The third-order valence-electron chi connectivity index (χ3n) is 4.43. The van der Waals surface area contributed by atoms with E-state index in [0.29, 0.717) is 18.5 Å². The number of benzene rings is 1. The molecular weight excluding hydrogens is 244 g/mol. The minimum Gasteiger partial charge on any atom is -0.330 e. The number of halogens is 2. The van der Waals surface area contributed by atoms with Gasteiger partial charge in [-0.25, -0.2) is 8.78 Å². The van der Waals surface area contributed by atoms with Crippen LogP contribution in [0.15, 0.2) is 18.2 Å². The van der Waals surface area contributed by atoms with Gasteiger partial charge in [0.05, 0.1) is 0 Å². The van der Waals surface area contributed by atoms with E-state index in [4.69, 9.17) is 5.73 Å². The molecule has 0 spiro atoms. The molecule has 0 amide bonds. The highest BCUT2D eigenvalue weighted by Crippen LogP contribution is 2.37. The van der Waals surface area contributed by atoms with Crippen LogP contribution in [0.2, 0.25) is 0 Å². The average Bonchev–Trinajstić information content (AvgIpc) is 2.36. The van der Waals surface area contributed by atoms with Crippen molar-refractivity contribution in [2.45, 2.75) is 51.4 Å². The Bertz CT molecular complexity index is 409. The molecule has 106 valence electrons. The zero-order valence-electron chi connectivity index (χ0n) is 11.4. The van der Waals surface area contributed by atoms with Gasteiger partial charge in [0.2, 0.25) is 0 Å². The Morgan fingerprint density at radius 1 is 1.00 bits per heavy atom. The molecule has 0 radical (unpaired) electrons. The van der Waals surface area contributed by atoms with E-state index in [9.17, 15) is 8.78 Å². The van der Waals surface area contributed by atoms with Crippen molar-refractivity contribution in [2.24, 2.45) is 11.1 Å². The molecule has 0 aromatic heterocycles. The van der Waals surface area contributed by atoms with Gasteiger partial charge in [-0.15, -0.1) is 0 Å². The lowest BCUT2D eigenvalue weighted by atomic mass is 9.72. The summed E-state index contributed by atoms with van der Waals surface area (Å²) in [5.74, 6) is -0.949. The van der Waals surface area contributed by atoms with Gasteiger partial charge in [0.15, 0.2) is 0 Å². The van der Waals surface area contributed by atoms with Gasteiger partial charge in [-0.05, 0) is 42.9 Å². The monoisotopic (exact) mass is 267 g/mol. The van der Waals surface area contributed by atoms with Crippen LogP contribution in [0.5, 0.6) is 0 Å². The highest BCUT2D eigenvalue weighted by Gasteiger charge is 2.30. The normalized spacial score (nSPS) is 19.7. The van der Waals surface area contributed by atoms with E-state index in [1.807, 2.05) is 0 Å². The van der Waals surface area contributed by atoms with Crippen LogP contribution in [-0.4, -0.2) is 6.54 Å². The lowest BCUT2D eigenvalue weighted by molar-refractivity contribution is 0.214. The Morgan fingerprint density at radius 3 is 2.21 bits per heavy atom. The summed E-state index contributed by atoms with van der Waals surface area (Å²) in [6.07, 6.45) is 8.86. The fraction of sp³-hybridized carbons (Fsp3) is 0.625. The lowest BCUT2D eigenvalue weighted by Crippen LogP contribution is -2.34. The van der Waals surface area contributed by atoms with Crippen LogP contribution in [0.1, 0.15) is 50.5 Å². The first-order valence-corrected chi connectivity index (χ1v) is 7.29. The fourth-order valence-corrected chi connectivity index (χ4v) is 3.18. The first kappa shape index (κ1) is 14.4. The molecule has 0 bridgehead atoms. The minimum atomic E-state index is -0.513. The molecule has 0 aliphatic heterocycles. The maximum Gasteiger partial charge on any atom is 0.129 e. The van der Waals surface area contributed by atoms with E-state index < -0.39 is 11.6 Å². The number of nitrogens with two attached hydrogens (primary N) is 1. The molecule has 0 heterocycles. The largest absolute Gasteiger partial charge is 0.330 e. The average molecular weight is 267 g/mol. The summed E-state index contributed by atoms with van der Waals surface area (Å²) in [4.78, 5) is 0. The maximum absolute atomic E-state index is 13.8. The Balaban J connectivity index is 2.15. The molecule has 2 rings (SSSR count). The van der Waals surface area contributed by atoms with Crippen molar-refractivity contribution in [2.75, 3.05) is 6.54 Å². The summed E-state index contributed by atoms with van der Waals surface area (Å²) >= 11 is 0. The van der Waals surface area contributed by atoms with E-state index in [-0.39, 0.29) is 5.41 Å². The van der Waals surface area contributed by atoms with E-state index in [1.54, 1.807) is 6.07 Å². The summed E-state index contributed by atoms with van der Waals surface area (Å²) < 4.78 is 26.8. The maximum atomic E-state index is 13.8. The summed E-state index contributed by atoms with van der Waals surface area (Å²) in [5, 5.41) is 0. The molecule has 2 N–H and O–H groups in total. The molecule has 1 nitrogen and oxygen atoms in total. The molecule has 1 saturated carbocycles. The van der Waals surface area contributed by atoms with E-state index in [1.165, 1.54) is 38.2 Å². The third kappa shape index (κ3) is 3.75. The van der Waals surface area contributed by atoms with Crippen LogP contribution in [0, 0.1) is 17.0 Å². The van der Waals surface area contributed by atoms with Crippen molar-refractivity contribution in [1.29, 1.82) is 0 Å². The van der Waals surface area contributed by atoms with Gasteiger partial charge in [0.25, 0.3) is 0 Å². The number of rotatable bonds is 3. The zero-order chi connectivity index (χ0) is 13.7. The molecule has 3 heteroatoms. The van der Waals surface area contributed by atoms with Crippen molar-refractivity contribution in [1.82, 2.24) is 0 Å². The SMILES string of the molecule is NCC1(Cc2ccc(F)cc2F)CCCCCCC1. The topological polar surface area (TPSA) is 26.0 Å². The predicted octanol–water partition coefficient (Wildman–Crippen LogP) is 4.20. The van der Waals surface area contributed by atoms with Crippen LogP contribution in [0.4, 0.5) is 8.78 Å². The summed E-state index contributed by atoms with van der Waals surface area (Å²) in [7, 11) is 0. The third-order valence-corrected chi connectivity index (χ3v) is 4.43. The van der Waals surface area contributed by atoms with Crippen LogP contribution < -0.4 is 5.73 Å². The Kier molecular flexibility index (Phi) is 4.92. The highest BCUT2D eigenvalue weighted by molar-refractivity contribution is 5.20. The van der Waals surface area contributed by atoms with Crippen LogP contribution in [-0.2, 0) is 6.42 Å². The first-order valence-electron chi connectivity index (χ1n) is 7.29. The Morgan fingerprint density at radius 2 is 1.63 bits per heavy atom. The first-order chi connectivity index (χ1) is 9.15. The summed E-state index contributed by atoms with van der Waals surface area (Å²) in [6, 6.07) is 3.88. The van der Waals surface area contributed by atoms with Crippen molar-refractivity contribution < 1.29 is 8.78 Å². The second kappa shape index (κ2) is 6.47. The number of hydrogen-bond donors (Lipinski definition) is 1. The van der Waals surface area contributed by atoms with Crippen molar-refractivity contribution in [3.05, 3.63) is 35.4 Å². The van der Waals surface area contributed by atoms with E-state index in [2.05, 4.69) is 0 Å². The second-order valence-electron chi connectivity index (χ2n) is 5.88. The van der Waals surface area contributed by atoms with Gasteiger partial charge in [-0.1, -0.05) is 38.2 Å². The second-order valence-corrected chi connectivity index (χ2v) is 5.88. The predicted molar refractivity (Wildman–Crippen MR) is 73.9 cm³/mol. The molecule has 0 unspecified atom stereocenters. The van der Waals surface area contributed by atoms with Crippen LogP contribution >= 0.6 is 0 Å². The van der Waals surface area contributed by atoms with E-state index in [0.717, 1.165) is 18.9 Å². The van der Waals surface area contributed by atoms with Gasteiger partial charge >= 0.3 is 0 Å². The summed E-state index contributed by atoms with van der Waals surface area (Å²) in [5.41, 5.74) is 6.59. The van der Waals surface area contributed by atoms with Crippen molar-refractivity contribution >= 4 is 0 Å². The summed E-state index contributed by atoms with van der Waals surface area (Å²) in [6.45, 7) is 0.587. The Labute approximate surface area is 114 Å². The molecule has 1 aliphatic carbocycles. The molecule has 1 aromatic rings. The minimum absolute atomic E-state index is 0.000903. The fourth-order valence-electron chi connectivity index (χ4n) is 3.18. The van der Waals surface area contributed by atoms with Gasteiger partial charge in [-0.2, -0.15) is 0 Å². The van der Waals surface area contributed by atoms with Crippen LogP contribution in [0.25, 0.3) is 0 Å². The Hall–Kier alpha value is -0.960.